The average molecular weight is 248 g/mol. The summed E-state index contributed by atoms with van der Waals surface area (Å²) in [5.41, 5.74) is 7.26. The fraction of sp³-hybridized carbons (Fsp3) is 0.462. The van der Waals surface area contributed by atoms with Crippen molar-refractivity contribution in [2.75, 3.05) is 11.9 Å². The van der Waals surface area contributed by atoms with Gasteiger partial charge in [-0.3, -0.25) is 0 Å². The van der Waals surface area contributed by atoms with E-state index in [1.807, 2.05) is 4.57 Å². The van der Waals surface area contributed by atoms with Crippen LogP contribution in [0.4, 0.5) is 10.3 Å². The van der Waals surface area contributed by atoms with Crippen LogP contribution in [0.5, 0.6) is 0 Å². The van der Waals surface area contributed by atoms with Gasteiger partial charge in [-0.25, -0.2) is 9.37 Å². The number of aromatic nitrogens is 2. The Bertz CT molecular complexity index is 559. The summed E-state index contributed by atoms with van der Waals surface area (Å²) in [5.74, 6) is 0.556. The standard InChI is InChI=1S/C13H17FN4/c14-9-4-5-12-11(8-9)17-13(18(12)7-6-15)16-10-2-1-3-10/h4-5,8,10H,1-3,6-7,15H2,(H,16,17). The van der Waals surface area contributed by atoms with Gasteiger partial charge in [0.15, 0.2) is 0 Å². The number of anilines is 1. The minimum Gasteiger partial charge on any atom is -0.353 e. The molecule has 1 fully saturated rings. The molecule has 0 aliphatic heterocycles. The van der Waals surface area contributed by atoms with Crippen LogP contribution in [-0.4, -0.2) is 22.1 Å². The van der Waals surface area contributed by atoms with Crippen molar-refractivity contribution in [3.8, 4) is 0 Å². The number of imidazole rings is 1. The zero-order chi connectivity index (χ0) is 12.5. The van der Waals surface area contributed by atoms with E-state index in [1.54, 1.807) is 6.07 Å². The van der Waals surface area contributed by atoms with Crippen LogP contribution in [0, 0.1) is 5.82 Å². The van der Waals surface area contributed by atoms with Gasteiger partial charge in [0.05, 0.1) is 11.0 Å². The van der Waals surface area contributed by atoms with Crippen LogP contribution in [0.2, 0.25) is 0 Å². The van der Waals surface area contributed by atoms with Crippen LogP contribution < -0.4 is 11.1 Å². The number of nitrogens with one attached hydrogen (secondary N) is 1. The predicted octanol–water partition coefficient (Wildman–Crippen LogP) is 2.10. The molecule has 1 aliphatic carbocycles. The second-order valence-electron chi connectivity index (χ2n) is 4.78. The molecule has 0 unspecified atom stereocenters. The summed E-state index contributed by atoms with van der Waals surface area (Å²) in [6.07, 6.45) is 3.63. The molecular formula is C13H17FN4. The maximum absolute atomic E-state index is 13.2. The predicted molar refractivity (Wildman–Crippen MR) is 70.0 cm³/mol. The third kappa shape index (κ3) is 1.95. The average Bonchev–Trinajstić information content (AvgIpc) is 2.62. The summed E-state index contributed by atoms with van der Waals surface area (Å²) in [7, 11) is 0. The number of nitrogens with two attached hydrogens (primary N) is 1. The van der Waals surface area contributed by atoms with E-state index in [4.69, 9.17) is 5.73 Å². The molecular weight excluding hydrogens is 231 g/mol. The van der Waals surface area contributed by atoms with Crippen molar-refractivity contribution in [2.24, 2.45) is 5.73 Å². The highest BCUT2D eigenvalue weighted by molar-refractivity contribution is 5.78. The Hall–Kier alpha value is -1.62. The molecule has 5 heteroatoms. The van der Waals surface area contributed by atoms with Gasteiger partial charge >= 0.3 is 0 Å². The normalized spacial score (nSPS) is 15.9. The van der Waals surface area contributed by atoms with Crippen LogP contribution in [-0.2, 0) is 6.54 Å². The summed E-state index contributed by atoms with van der Waals surface area (Å²) in [6.45, 7) is 1.24. The Morgan fingerprint density at radius 3 is 2.94 bits per heavy atom. The maximum Gasteiger partial charge on any atom is 0.204 e. The second-order valence-corrected chi connectivity index (χ2v) is 4.78. The number of hydrogen-bond acceptors (Lipinski definition) is 3. The van der Waals surface area contributed by atoms with E-state index in [0.29, 0.717) is 24.6 Å². The van der Waals surface area contributed by atoms with Gasteiger partial charge in [-0.15, -0.1) is 0 Å². The lowest BCUT2D eigenvalue weighted by Gasteiger charge is -2.27. The third-order valence-corrected chi connectivity index (χ3v) is 3.50. The first kappa shape index (κ1) is 11.5. The van der Waals surface area contributed by atoms with E-state index in [1.165, 1.54) is 31.4 Å². The smallest absolute Gasteiger partial charge is 0.204 e. The molecule has 1 saturated carbocycles. The highest BCUT2D eigenvalue weighted by Crippen LogP contribution is 2.26. The number of nitrogens with zero attached hydrogens (tertiary/aromatic N) is 2. The SMILES string of the molecule is NCCn1c(NC2CCC2)nc2cc(F)ccc21. The van der Waals surface area contributed by atoms with Crippen molar-refractivity contribution in [1.29, 1.82) is 0 Å². The van der Waals surface area contributed by atoms with Gasteiger partial charge in [0, 0.05) is 25.2 Å². The number of hydrogen-bond donors (Lipinski definition) is 2. The van der Waals surface area contributed by atoms with Crippen LogP contribution in [0.3, 0.4) is 0 Å². The molecule has 0 bridgehead atoms. The molecule has 3 rings (SSSR count). The van der Waals surface area contributed by atoms with Crippen molar-refractivity contribution >= 4 is 17.0 Å². The minimum atomic E-state index is -0.255. The monoisotopic (exact) mass is 248 g/mol. The van der Waals surface area contributed by atoms with Gasteiger partial charge in [0.2, 0.25) is 5.95 Å². The molecule has 18 heavy (non-hydrogen) atoms. The largest absolute Gasteiger partial charge is 0.353 e. The fourth-order valence-corrected chi connectivity index (χ4v) is 2.30. The summed E-state index contributed by atoms with van der Waals surface area (Å²) < 4.78 is 15.2. The van der Waals surface area contributed by atoms with Gasteiger partial charge in [0.1, 0.15) is 5.82 Å². The third-order valence-electron chi connectivity index (χ3n) is 3.50. The summed E-state index contributed by atoms with van der Waals surface area (Å²) in [4.78, 5) is 4.47. The summed E-state index contributed by atoms with van der Waals surface area (Å²) in [6, 6.07) is 5.20. The molecule has 1 aromatic heterocycles. The van der Waals surface area contributed by atoms with Crippen LogP contribution in [0.1, 0.15) is 19.3 Å². The molecule has 0 saturated heterocycles. The molecule has 96 valence electrons. The molecule has 0 radical (unpaired) electrons. The van der Waals surface area contributed by atoms with Crippen LogP contribution in [0.25, 0.3) is 11.0 Å². The van der Waals surface area contributed by atoms with E-state index in [-0.39, 0.29) is 5.82 Å². The molecule has 3 N–H and O–H groups in total. The highest BCUT2D eigenvalue weighted by Gasteiger charge is 2.20. The first-order chi connectivity index (χ1) is 8.78. The molecule has 1 aromatic carbocycles. The fourth-order valence-electron chi connectivity index (χ4n) is 2.30. The van der Waals surface area contributed by atoms with Crippen molar-refractivity contribution < 1.29 is 4.39 Å². The van der Waals surface area contributed by atoms with Gasteiger partial charge in [0.25, 0.3) is 0 Å². The Balaban J connectivity index is 2.01. The first-order valence-electron chi connectivity index (χ1n) is 6.40. The maximum atomic E-state index is 13.2. The Morgan fingerprint density at radius 1 is 1.44 bits per heavy atom. The first-order valence-corrected chi connectivity index (χ1v) is 6.40. The van der Waals surface area contributed by atoms with Crippen LogP contribution in [0.15, 0.2) is 18.2 Å². The van der Waals surface area contributed by atoms with Gasteiger partial charge in [-0.05, 0) is 31.4 Å². The summed E-state index contributed by atoms with van der Waals surface area (Å²) in [5, 5.41) is 3.41. The number of halogens is 1. The van der Waals surface area contributed by atoms with Crippen molar-refractivity contribution in [3.05, 3.63) is 24.0 Å². The lowest BCUT2D eigenvalue weighted by molar-refractivity contribution is 0.441. The van der Waals surface area contributed by atoms with E-state index < -0.39 is 0 Å². The van der Waals surface area contributed by atoms with E-state index in [2.05, 4.69) is 10.3 Å². The number of rotatable bonds is 4. The van der Waals surface area contributed by atoms with Crippen LogP contribution >= 0.6 is 0 Å². The van der Waals surface area contributed by atoms with Crippen molar-refractivity contribution in [1.82, 2.24) is 9.55 Å². The van der Waals surface area contributed by atoms with Crippen molar-refractivity contribution in [3.63, 3.8) is 0 Å². The van der Waals surface area contributed by atoms with Crippen molar-refractivity contribution in [2.45, 2.75) is 31.8 Å². The number of benzene rings is 1. The van der Waals surface area contributed by atoms with Gasteiger partial charge in [-0.1, -0.05) is 0 Å². The summed E-state index contributed by atoms with van der Waals surface area (Å²) >= 11 is 0. The van der Waals surface area contributed by atoms with Gasteiger partial charge < -0.3 is 15.6 Å². The lowest BCUT2D eigenvalue weighted by atomic mass is 9.93. The Kier molecular flexibility index (Phi) is 2.91. The van der Waals surface area contributed by atoms with E-state index in [0.717, 1.165) is 11.5 Å². The number of fused-ring (bicyclic) bond motifs is 1. The van der Waals surface area contributed by atoms with E-state index >= 15 is 0 Å². The molecule has 0 atom stereocenters. The highest BCUT2D eigenvalue weighted by atomic mass is 19.1. The molecule has 1 aliphatic rings. The van der Waals surface area contributed by atoms with E-state index in [9.17, 15) is 4.39 Å². The molecule has 1 heterocycles. The Labute approximate surface area is 105 Å². The quantitative estimate of drug-likeness (QED) is 0.871. The lowest BCUT2D eigenvalue weighted by Crippen LogP contribution is -2.29. The molecule has 0 spiro atoms. The van der Waals surface area contributed by atoms with Gasteiger partial charge in [-0.2, -0.15) is 0 Å². The molecule has 2 aromatic rings. The second kappa shape index (κ2) is 4.57. The Morgan fingerprint density at radius 2 is 2.28 bits per heavy atom. The molecule has 4 nitrogen and oxygen atoms in total. The zero-order valence-corrected chi connectivity index (χ0v) is 10.2. The molecule has 0 amide bonds. The minimum absolute atomic E-state index is 0.255. The zero-order valence-electron chi connectivity index (χ0n) is 10.2. The topological polar surface area (TPSA) is 55.9 Å².